The van der Waals surface area contributed by atoms with Crippen LogP contribution in [0.3, 0.4) is 0 Å². The van der Waals surface area contributed by atoms with E-state index in [0.29, 0.717) is 0 Å². The summed E-state index contributed by atoms with van der Waals surface area (Å²) in [5.74, 6) is 0. The van der Waals surface area contributed by atoms with E-state index in [9.17, 15) is 0 Å². The summed E-state index contributed by atoms with van der Waals surface area (Å²) in [6, 6.07) is 30.9. The van der Waals surface area contributed by atoms with E-state index in [1.165, 1.54) is 99.8 Å². The van der Waals surface area contributed by atoms with Crippen LogP contribution in [0, 0.1) is 0 Å². The van der Waals surface area contributed by atoms with E-state index in [4.69, 9.17) is 0 Å². The molecular formula is C44H50N8. The highest BCUT2D eigenvalue weighted by Gasteiger charge is 2.25. The van der Waals surface area contributed by atoms with Gasteiger partial charge in [-0.2, -0.15) is 0 Å². The predicted molar refractivity (Wildman–Crippen MR) is 221 cm³/mol. The van der Waals surface area contributed by atoms with Crippen LogP contribution in [0.1, 0.15) is 22.3 Å². The minimum atomic E-state index is 0.880. The predicted octanol–water partition coefficient (Wildman–Crippen LogP) is 7.66. The molecule has 0 unspecified atom stereocenters. The van der Waals surface area contributed by atoms with E-state index in [1.54, 1.807) is 0 Å². The Kier molecular flexibility index (Phi) is 9.71. The Morgan fingerprint density at radius 2 is 0.712 bits per heavy atom. The normalized spacial score (nSPS) is 12.0. The van der Waals surface area contributed by atoms with Gasteiger partial charge in [-0.3, -0.25) is 0 Å². The molecule has 0 atom stereocenters. The Hall–Kier alpha value is -5.12. The van der Waals surface area contributed by atoms with Crippen LogP contribution in [-0.2, 0) is 25.7 Å². The van der Waals surface area contributed by atoms with Gasteiger partial charge in [-0.25, -0.2) is 0 Å². The fourth-order valence-electron chi connectivity index (χ4n) is 8.29. The van der Waals surface area contributed by atoms with Gasteiger partial charge in [-0.1, -0.05) is 72.8 Å². The zero-order chi connectivity index (χ0) is 35.6. The SMILES string of the molecule is CNCCc1c(-c2cccc3c(CCNC)c(-c4[nH]c5c(-c6[nH]c7ccccc7c6CCNC)cccc5c4CCNC)[nH]c23)[nH]c2ccccc12. The summed E-state index contributed by atoms with van der Waals surface area (Å²) in [4.78, 5) is 15.8. The van der Waals surface area contributed by atoms with Gasteiger partial charge in [-0.15, -0.1) is 0 Å². The summed E-state index contributed by atoms with van der Waals surface area (Å²) in [5.41, 5.74) is 17.2. The zero-order valence-electron chi connectivity index (χ0n) is 30.7. The first-order valence-corrected chi connectivity index (χ1v) is 18.7. The van der Waals surface area contributed by atoms with Crippen LogP contribution in [-0.4, -0.2) is 74.3 Å². The van der Waals surface area contributed by atoms with Crippen molar-refractivity contribution in [3.05, 3.63) is 107 Å². The van der Waals surface area contributed by atoms with Crippen LogP contribution in [0.5, 0.6) is 0 Å². The average Bonchev–Trinajstić information content (AvgIpc) is 3.94. The maximum Gasteiger partial charge on any atom is 0.0666 e. The molecule has 0 saturated heterocycles. The Morgan fingerprint density at radius 1 is 0.365 bits per heavy atom. The summed E-state index contributed by atoms with van der Waals surface area (Å²) in [6.07, 6.45) is 3.68. The minimum absolute atomic E-state index is 0.880. The number of fused-ring (bicyclic) bond motifs is 4. The Labute approximate surface area is 305 Å². The molecule has 0 aliphatic heterocycles. The van der Waals surface area contributed by atoms with Crippen molar-refractivity contribution in [2.45, 2.75) is 25.7 Å². The van der Waals surface area contributed by atoms with Crippen LogP contribution in [0.15, 0.2) is 84.9 Å². The molecule has 8 heteroatoms. The van der Waals surface area contributed by atoms with Crippen molar-refractivity contribution in [2.24, 2.45) is 0 Å². The largest absolute Gasteiger partial charge is 0.354 e. The molecule has 8 nitrogen and oxygen atoms in total. The van der Waals surface area contributed by atoms with Crippen LogP contribution < -0.4 is 21.3 Å². The van der Waals surface area contributed by atoms with Gasteiger partial charge < -0.3 is 41.2 Å². The van der Waals surface area contributed by atoms with E-state index >= 15 is 0 Å². The molecule has 0 radical (unpaired) electrons. The van der Waals surface area contributed by atoms with Crippen molar-refractivity contribution < 1.29 is 0 Å². The third-order valence-electron chi connectivity index (χ3n) is 10.8. The molecule has 52 heavy (non-hydrogen) atoms. The number of para-hydroxylation sites is 4. The zero-order valence-corrected chi connectivity index (χ0v) is 30.7. The number of benzene rings is 4. The fraction of sp³-hybridized carbons (Fsp3) is 0.273. The molecular weight excluding hydrogens is 641 g/mol. The second-order valence-electron chi connectivity index (χ2n) is 13.9. The number of H-pyrrole nitrogens is 4. The number of rotatable bonds is 15. The standard InChI is InChI=1S/C44H50N8/c1-45-23-19-31-27-11-5-7-17-37(27)49-39(31)35-15-9-13-29-33(21-25-47-3)43(51-41(29)35)44-34(22-26-48-4)30-14-10-16-36(42(30)52-44)40-32(20-24-46-2)28-12-6-8-18-38(28)50-40/h5-18,45-52H,19-26H2,1-4H3. The summed E-state index contributed by atoms with van der Waals surface area (Å²) >= 11 is 0. The van der Waals surface area contributed by atoms with Gasteiger partial charge in [0.1, 0.15) is 0 Å². The number of aromatic amines is 4. The topological polar surface area (TPSA) is 111 Å². The molecule has 0 saturated carbocycles. The summed E-state index contributed by atoms with van der Waals surface area (Å²) in [7, 11) is 8.13. The molecule has 4 heterocycles. The molecule has 4 aromatic carbocycles. The Bertz CT molecular complexity index is 2320. The quantitative estimate of drug-likeness (QED) is 0.0565. The Balaban J connectivity index is 1.37. The summed E-state index contributed by atoms with van der Waals surface area (Å²) in [5, 5.41) is 18.7. The first-order chi connectivity index (χ1) is 25.7. The van der Waals surface area contributed by atoms with Gasteiger partial charge >= 0.3 is 0 Å². The van der Waals surface area contributed by atoms with E-state index in [0.717, 1.165) is 51.9 Å². The monoisotopic (exact) mass is 690 g/mol. The van der Waals surface area contributed by atoms with Crippen molar-refractivity contribution in [1.29, 1.82) is 0 Å². The van der Waals surface area contributed by atoms with Crippen molar-refractivity contribution in [2.75, 3.05) is 54.4 Å². The number of hydrogen-bond acceptors (Lipinski definition) is 4. The lowest BCUT2D eigenvalue weighted by Gasteiger charge is -2.08. The number of aromatic nitrogens is 4. The van der Waals surface area contributed by atoms with Crippen LogP contribution in [0.25, 0.3) is 77.5 Å². The first-order valence-electron chi connectivity index (χ1n) is 18.7. The highest BCUT2D eigenvalue weighted by molar-refractivity contribution is 6.06. The van der Waals surface area contributed by atoms with Crippen LogP contribution in [0.4, 0.5) is 0 Å². The van der Waals surface area contributed by atoms with Crippen LogP contribution >= 0.6 is 0 Å². The summed E-state index contributed by atoms with van der Waals surface area (Å²) in [6.45, 7) is 3.58. The number of hydrogen-bond donors (Lipinski definition) is 8. The number of nitrogens with one attached hydrogen (secondary N) is 8. The molecule has 8 N–H and O–H groups in total. The fourth-order valence-corrected chi connectivity index (χ4v) is 8.29. The van der Waals surface area contributed by atoms with Gasteiger partial charge in [0.25, 0.3) is 0 Å². The van der Waals surface area contributed by atoms with Crippen molar-refractivity contribution in [3.8, 4) is 33.9 Å². The van der Waals surface area contributed by atoms with E-state index in [2.05, 4.69) is 126 Å². The van der Waals surface area contributed by atoms with Gasteiger partial charge in [-0.05, 0) is 114 Å². The van der Waals surface area contributed by atoms with E-state index in [-0.39, 0.29) is 0 Å². The second kappa shape index (κ2) is 14.9. The number of likely N-dealkylation sites (N-methyl/N-ethyl adjacent to an activating group) is 4. The van der Waals surface area contributed by atoms with Crippen molar-refractivity contribution in [1.82, 2.24) is 41.2 Å². The van der Waals surface area contributed by atoms with E-state index in [1.807, 2.05) is 28.2 Å². The maximum atomic E-state index is 4.05. The lowest BCUT2D eigenvalue weighted by atomic mass is 9.97. The molecule has 0 spiro atoms. The second-order valence-corrected chi connectivity index (χ2v) is 13.9. The lowest BCUT2D eigenvalue weighted by molar-refractivity contribution is 0.791. The van der Waals surface area contributed by atoms with E-state index < -0.39 is 0 Å². The molecule has 8 aromatic rings. The van der Waals surface area contributed by atoms with Crippen LogP contribution in [0.2, 0.25) is 0 Å². The van der Waals surface area contributed by atoms with Gasteiger partial charge in [0.05, 0.1) is 33.8 Å². The lowest BCUT2D eigenvalue weighted by Crippen LogP contribution is -2.12. The highest BCUT2D eigenvalue weighted by atomic mass is 14.9. The molecule has 4 aromatic heterocycles. The van der Waals surface area contributed by atoms with Crippen molar-refractivity contribution in [3.63, 3.8) is 0 Å². The van der Waals surface area contributed by atoms with Crippen molar-refractivity contribution >= 4 is 43.6 Å². The van der Waals surface area contributed by atoms with Gasteiger partial charge in [0.15, 0.2) is 0 Å². The maximum absolute atomic E-state index is 4.05. The minimum Gasteiger partial charge on any atom is -0.354 e. The molecule has 266 valence electrons. The molecule has 0 fully saturated rings. The smallest absolute Gasteiger partial charge is 0.0666 e. The summed E-state index contributed by atoms with van der Waals surface area (Å²) < 4.78 is 0. The molecule has 0 amide bonds. The Morgan fingerprint density at radius 3 is 1.10 bits per heavy atom. The third-order valence-corrected chi connectivity index (χ3v) is 10.8. The molecule has 0 aliphatic carbocycles. The average molecular weight is 691 g/mol. The molecule has 0 bridgehead atoms. The van der Waals surface area contributed by atoms with Gasteiger partial charge in [0, 0.05) is 43.7 Å². The third kappa shape index (κ3) is 5.91. The molecule has 0 aliphatic rings. The van der Waals surface area contributed by atoms with Gasteiger partial charge in [0.2, 0.25) is 0 Å². The molecule has 8 rings (SSSR count). The first kappa shape index (κ1) is 34.0. The highest BCUT2D eigenvalue weighted by Crippen LogP contribution is 2.43.